The predicted octanol–water partition coefficient (Wildman–Crippen LogP) is 1.23. The van der Waals surface area contributed by atoms with Gasteiger partial charge >= 0.3 is 5.97 Å². The second-order valence-electron chi connectivity index (χ2n) is 5.00. The number of hydrogen-bond acceptors (Lipinski definition) is 3. The van der Waals surface area contributed by atoms with Gasteiger partial charge in [-0.3, -0.25) is 9.59 Å². The number of amides is 1. The number of nitrogens with one attached hydrogen (secondary N) is 1. The predicted molar refractivity (Wildman–Crippen MR) is 69.4 cm³/mol. The number of carbonyl (C=O) groups is 2. The van der Waals surface area contributed by atoms with Gasteiger partial charge in [-0.05, 0) is 32.2 Å². The maximum absolute atomic E-state index is 11.8. The van der Waals surface area contributed by atoms with Crippen molar-refractivity contribution in [2.75, 3.05) is 20.1 Å². The van der Waals surface area contributed by atoms with E-state index in [1.807, 2.05) is 0 Å². The highest BCUT2D eigenvalue weighted by molar-refractivity contribution is 5.76. The molecule has 1 aliphatic rings. The molecule has 18 heavy (non-hydrogen) atoms. The Morgan fingerprint density at radius 1 is 1.33 bits per heavy atom. The average molecular weight is 256 g/mol. The van der Waals surface area contributed by atoms with E-state index in [-0.39, 0.29) is 12.3 Å². The molecule has 1 rings (SSSR count). The van der Waals surface area contributed by atoms with E-state index in [1.165, 1.54) is 12.8 Å². The summed E-state index contributed by atoms with van der Waals surface area (Å²) < 4.78 is 0. The summed E-state index contributed by atoms with van der Waals surface area (Å²) in [7, 11) is 1.75. The minimum absolute atomic E-state index is 0.118. The van der Waals surface area contributed by atoms with Crippen LogP contribution in [0.4, 0.5) is 0 Å². The van der Waals surface area contributed by atoms with Gasteiger partial charge in [0.15, 0.2) is 0 Å². The molecule has 1 atom stereocenters. The zero-order valence-corrected chi connectivity index (χ0v) is 11.2. The monoisotopic (exact) mass is 256 g/mol. The van der Waals surface area contributed by atoms with Gasteiger partial charge < -0.3 is 15.3 Å². The van der Waals surface area contributed by atoms with Gasteiger partial charge in [0.05, 0.1) is 0 Å². The van der Waals surface area contributed by atoms with E-state index in [0.717, 1.165) is 19.4 Å². The van der Waals surface area contributed by atoms with Gasteiger partial charge in [0.2, 0.25) is 5.91 Å². The van der Waals surface area contributed by atoms with Crippen molar-refractivity contribution in [3.05, 3.63) is 0 Å². The molecular weight excluding hydrogens is 232 g/mol. The Hall–Kier alpha value is -1.10. The molecule has 1 unspecified atom stereocenters. The van der Waals surface area contributed by atoms with Crippen molar-refractivity contribution in [3.63, 3.8) is 0 Å². The summed E-state index contributed by atoms with van der Waals surface area (Å²) in [6, 6.07) is 0.482. The van der Waals surface area contributed by atoms with Crippen LogP contribution in [0.3, 0.4) is 0 Å². The van der Waals surface area contributed by atoms with Gasteiger partial charge in [0.25, 0.3) is 0 Å². The van der Waals surface area contributed by atoms with Gasteiger partial charge in [-0.2, -0.15) is 0 Å². The van der Waals surface area contributed by atoms with E-state index in [4.69, 9.17) is 5.11 Å². The summed E-state index contributed by atoms with van der Waals surface area (Å²) in [6.07, 6.45) is 5.75. The number of aliphatic carboxylic acids is 1. The summed E-state index contributed by atoms with van der Waals surface area (Å²) >= 11 is 0. The van der Waals surface area contributed by atoms with E-state index in [1.54, 1.807) is 11.9 Å². The smallest absolute Gasteiger partial charge is 0.303 e. The van der Waals surface area contributed by atoms with E-state index < -0.39 is 5.97 Å². The lowest BCUT2D eigenvalue weighted by molar-refractivity contribution is -0.138. The first-order chi connectivity index (χ1) is 8.59. The van der Waals surface area contributed by atoms with Crippen molar-refractivity contribution in [2.45, 2.75) is 51.0 Å². The molecule has 0 aromatic carbocycles. The van der Waals surface area contributed by atoms with Crippen LogP contribution in [0.2, 0.25) is 0 Å². The van der Waals surface area contributed by atoms with Gasteiger partial charge in [-0.1, -0.05) is 6.42 Å². The molecule has 0 aliphatic carbocycles. The molecule has 104 valence electrons. The van der Waals surface area contributed by atoms with Crippen LogP contribution in [-0.4, -0.2) is 48.1 Å². The maximum atomic E-state index is 11.8. The van der Waals surface area contributed by atoms with Crippen LogP contribution in [0.25, 0.3) is 0 Å². The van der Waals surface area contributed by atoms with Gasteiger partial charge in [0.1, 0.15) is 0 Å². The Morgan fingerprint density at radius 3 is 2.72 bits per heavy atom. The summed E-state index contributed by atoms with van der Waals surface area (Å²) in [4.78, 5) is 23.8. The molecule has 2 N–H and O–H groups in total. The molecule has 0 bridgehead atoms. The number of piperidine rings is 1. The van der Waals surface area contributed by atoms with Crippen molar-refractivity contribution >= 4 is 11.9 Å². The van der Waals surface area contributed by atoms with Crippen molar-refractivity contribution in [2.24, 2.45) is 0 Å². The van der Waals surface area contributed by atoms with E-state index in [0.29, 0.717) is 25.4 Å². The molecule has 0 saturated carbocycles. The SMILES string of the molecule is CN(CCCC(=O)O)C(=O)CCC1CCCCN1. The Balaban J connectivity index is 2.12. The zero-order valence-electron chi connectivity index (χ0n) is 11.2. The molecule has 0 spiro atoms. The lowest BCUT2D eigenvalue weighted by Crippen LogP contribution is -2.36. The van der Waals surface area contributed by atoms with E-state index >= 15 is 0 Å². The fourth-order valence-electron chi connectivity index (χ4n) is 2.25. The third-order valence-corrected chi connectivity index (χ3v) is 3.43. The number of carboxylic acids is 1. The molecular formula is C13H24N2O3. The first kappa shape index (κ1) is 15.0. The zero-order chi connectivity index (χ0) is 13.4. The van der Waals surface area contributed by atoms with Gasteiger partial charge in [-0.25, -0.2) is 0 Å². The molecule has 5 heteroatoms. The average Bonchev–Trinajstić information content (AvgIpc) is 2.36. The highest BCUT2D eigenvalue weighted by Gasteiger charge is 2.15. The van der Waals surface area contributed by atoms with Crippen LogP contribution >= 0.6 is 0 Å². The molecule has 1 fully saturated rings. The van der Waals surface area contributed by atoms with Crippen molar-refractivity contribution in [1.82, 2.24) is 10.2 Å². The molecule has 1 aliphatic heterocycles. The highest BCUT2D eigenvalue weighted by Crippen LogP contribution is 2.12. The summed E-state index contributed by atoms with van der Waals surface area (Å²) in [5.41, 5.74) is 0. The quantitative estimate of drug-likeness (QED) is 0.719. The second kappa shape index (κ2) is 8.08. The van der Waals surface area contributed by atoms with Crippen LogP contribution < -0.4 is 5.32 Å². The molecule has 1 amide bonds. The van der Waals surface area contributed by atoms with Crippen molar-refractivity contribution < 1.29 is 14.7 Å². The standard InChI is InChI=1S/C13H24N2O3/c1-15(10-4-6-13(17)18)12(16)8-7-11-5-2-3-9-14-11/h11,14H,2-10H2,1H3,(H,17,18). The lowest BCUT2D eigenvalue weighted by Gasteiger charge is -2.24. The topological polar surface area (TPSA) is 69.6 Å². The Labute approximate surface area is 109 Å². The minimum atomic E-state index is -0.803. The largest absolute Gasteiger partial charge is 0.481 e. The minimum Gasteiger partial charge on any atom is -0.481 e. The normalized spacial score (nSPS) is 19.5. The molecule has 0 aromatic rings. The number of carboxylic acid groups (broad SMARTS) is 1. The maximum Gasteiger partial charge on any atom is 0.303 e. The van der Waals surface area contributed by atoms with Crippen molar-refractivity contribution in [3.8, 4) is 0 Å². The van der Waals surface area contributed by atoms with Crippen LogP contribution in [-0.2, 0) is 9.59 Å². The van der Waals surface area contributed by atoms with Crippen molar-refractivity contribution in [1.29, 1.82) is 0 Å². The fraction of sp³-hybridized carbons (Fsp3) is 0.846. The number of rotatable bonds is 7. The highest BCUT2D eigenvalue weighted by atomic mass is 16.4. The summed E-state index contributed by atoms with van der Waals surface area (Å²) in [5.74, 6) is -0.685. The second-order valence-corrected chi connectivity index (χ2v) is 5.00. The Kier molecular flexibility index (Phi) is 6.72. The molecule has 0 aromatic heterocycles. The molecule has 1 heterocycles. The van der Waals surface area contributed by atoms with Crippen LogP contribution in [0.15, 0.2) is 0 Å². The lowest BCUT2D eigenvalue weighted by atomic mass is 10.0. The van der Waals surface area contributed by atoms with E-state index in [9.17, 15) is 9.59 Å². The first-order valence-electron chi connectivity index (χ1n) is 6.78. The van der Waals surface area contributed by atoms with Gasteiger partial charge in [0, 0.05) is 32.5 Å². The van der Waals surface area contributed by atoms with Crippen LogP contribution in [0, 0.1) is 0 Å². The number of nitrogens with zero attached hydrogens (tertiary/aromatic N) is 1. The molecule has 5 nitrogen and oxygen atoms in total. The summed E-state index contributed by atoms with van der Waals surface area (Å²) in [5, 5.41) is 11.9. The molecule has 0 radical (unpaired) electrons. The third-order valence-electron chi connectivity index (χ3n) is 3.43. The van der Waals surface area contributed by atoms with E-state index in [2.05, 4.69) is 5.32 Å². The Morgan fingerprint density at radius 2 is 2.11 bits per heavy atom. The molecule has 1 saturated heterocycles. The Bertz CT molecular complexity index is 275. The van der Waals surface area contributed by atoms with Gasteiger partial charge in [-0.15, -0.1) is 0 Å². The van der Waals surface area contributed by atoms with Crippen LogP contribution in [0.1, 0.15) is 44.9 Å². The summed E-state index contributed by atoms with van der Waals surface area (Å²) in [6.45, 7) is 1.59. The fourth-order valence-corrected chi connectivity index (χ4v) is 2.25. The van der Waals surface area contributed by atoms with Crippen LogP contribution in [0.5, 0.6) is 0 Å². The third kappa shape index (κ3) is 6.00. The number of hydrogen-bond donors (Lipinski definition) is 2. The first-order valence-corrected chi connectivity index (χ1v) is 6.78. The number of carbonyl (C=O) groups excluding carboxylic acids is 1.